The van der Waals surface area contributed by atoms with Crippen LogP contribution < -0.4 is 10.1 Å². The van der Waals surface area contributed by atoms with Gasteiger partial charge in [0, 0.05) is 6.54 Å². The first-order valence-electron chi connectivity index (χ1n) is 9.16. The number of carbonyl (C=O) groups excluding carboxylic acids is 1. The topological polar surface area (TPSA) is 80.5 Å². The summed E-state index contributed by atoms with van der Waals surface area (Å²) in [5.74, 6) is 1.79. The Balaban J connectivity index is 1.52. The van der Waals surface area contributed by atoms with Crippen molar-refractivity contribution >= 4 is 17.2 Å². The number of hydrogen-bond donors (Lipinski definition) is 1. The van der Waals surface area contributed by atoms with Crippen LogP contribution in [0.4, 0.5) is 0 Å². The third-order valence-corrected chi connectivity index (χ3v) is 4.97. The standard InChI is InChI=1S/C20H24N4O3S/c1-3-10-24(14-19-22-23-20(27-19)17-5-4-11-28-17)13-18(25)21-12-15-6-8-16(26-2)9-7-15/h4-9,11H,3,10,12-14H2,1-2H3,(H,21,25). The van der Waals surface area contributed by atoms with Crippen molar-refractivity contribution in [1.82, 2.24) is 20.4 Å². The van der Waals surface area contributed by atoms with Gasteiger partial charge in [-0.2, -0.15) is 0 Å². The number of ether oxygens (including phenoxy) is 1. The summed E-state index contributed by atoms with van der Waals surface area (Å²) >= 11 is 1.55. The molecule has 0 fully saturated rings. The fourth-order valence-electron chi connectivity index (χ4n) is 2.74. The first-order valence-corrected chi connectivity index (χ1v) is 10.0. The lowest BCUT2D eigenvalue weighted by atomic mass is 10.2. The van der Waals surface area contributed by atoms with Gasteiger partial charge in [-0.3, -0.25) is 9.69 Å². The molecule has 0 spiro atoms. The van der Waals surface area contributed by atoms with Crippen molar-refractivity contribution in [2.75, 3.05) is 20.2 Å². The van der Waals surface area contributed by atoms with Crippen LogP contribution in [0.3, 0.4) is 0 Å². The zero-order chi connectivity index (χ0) is 19.8. The molecule has 3 rings (SSSR count). The molecule has 2 aromatic heterocycles. The summed E-state index contributed by atoms with van der Waals surface area (Å²) in [5, 5.41) is 13.1. The largest absolute Gasteiger partial charge is 0.497 e. The summed E-state index contributed by atoms with van der Waals surface area (Å²) in [6.45, 7) is 4.05. The molecule has 0 atom stereocenters. The number of nitrogens with one attached hydrogen (secondary N) is 1. The predicted molar refractivity (Wildman–Crippen MR) is 108 cm³/mol. The fraction of sp³-hybridized carbons (Fsp3) is 0.350. The molecule has 0 bridgehead atoms. The number of rotatable bonds is 10. The number of aromatic nitrogens is 2. The Hall–Kier alpha value is -2.71. The van der Waals surface area contributed by atoms with Gasteiger partial charge in [0.1, 0.15) is 5.75 Å². The first kappa shape index (κ1) is 20.0. The van der Waals surface area contributed by atoms with Gasteiger partial charge in [0.25, 0.3) is 5.89 Å². The molecule has 3 aromatic rings. The van der Waals surface area contributed by atoms with Crippen LogP contribution in [-0.4, -0.2) is 41.2 Å². The number of amides is 1. The molecule has 7 nitrogen and oxygen atoms in total. The lowest BCUT2D eigenvalue weighted by Gasteiger charge is -2.19. The second kappa shape index (κ2) is 10.0. The van der Waals surface area contributed by atoms with E-state index in [9.17, 15) is 4.79 Å². The molecule has 0 unspecified atom stereocenters. The van der Waals surface area contributed by atoms with E-state index in [1.54, 1.807) is 18.4 Å². The lowest BCUT2D eigenvalue weighted by molar-refractivity contribution is -0.122. The highest BCUT2D eigenvalue weighted by atomic mass is 32.1. The minimum atomic E-state index is -0.0396. The zero-order valence-corrected chi connectivity index (χ0v) is 16.9. The minimum Gasteiger partial charge on any atom is -0.497 e. The molecular weight excluding hydrogens is 376 g/mol. The molecule has 1 aromatic carbocycles. The summed E-state index contributed by atoms with van der Waals surface area (Å²) in [5.41, 5.74) is 1.02. The van der Waals surface area contributed by atoms with Gasteiger partial charge < -0.3 is 14.5 Å². The summed E-state index contributed by atoms with van der Waals surface area (Å²) in [6, 6.07) is 11.5. The molecule has 1 N–H and O–H groups in total. The quantitative estimate of drug-likeness (QED) is 0.562. The molecule has 0 radical (unpaired) electrons. The van der Waals surface area contributed by atoms with Crippen LogP contribution in [0.25, 0.3) is 10.8 Å². The van der Waals surface area contributed by atoms with Crippen molar-refractivity contribution in [2.45, 2.75) is 26.4 Å². The molecule has 0 aliphatic rings. The highest BCUT2D eigenvalue weighted by molar-refractivity contribution is 7.13. The SMILES string of the molecule is CCCN(CC(=O)NCc1ccc(OC)cc1)Cc1nnc(-c2cccs2)o1. The number of nitrogens with zero attached hydrogens (tertiary/aromatic N) is 3. The molecule has 0 aliphatic heterocycles. The van der Waals surface area contributed by atoms with Gasteiger partial charge in [0.05, 0.1) is 25.1 Å². The number of hydrogen-bond acceptors (Lipinski definition) is 7. The van der Waals surface area contributed by atoms with Gasteiger partial charge in [0.15, 0.2) is 0 Å². The van der Waals surface area contributed by atoms with E-state index in [-0.39, 0.29) is 12.5 Å². The Morgan fingerprint density at radius 2 is 2.07 bits per heavy atom. The maximum absolute atomic E-state index is 12.4. The van der Waals surface area contributed by atoms with Crippen molar-refractivity contribution in [3.05, 3.63) is 53.2 Å². The molecule has 28 heavy (non-hydrogen) atoms. The van der Waals surface area contributed by atoms with E-state index >= 15 is 0 Å². The van der Waals surface area contributed by atoms with E-state index in [2.05, 4.69) is 22.4 Å². The Morgan fingerprint density at radius 1 is 1.25 bits per heavy atom. The second-order valence-corrected chi connectivity index (χ2v) is 7.26. The summed E-state index contributed by atoms with van der Waals surface area (Å²) < 4.78 is 10.9. The van der Waals surface area contributed by atoms with Crippen LogP contribution in [0, 0.1) is 0 Å². The fourth-order valence-corrected chi connectivity index (χ4v) is 3.39. The van der Waals surface area contributed by atoms with Crippen molar-refractivity contribution in [3.8, 4) is 16.5 Å². The third-order valence-electron chi connectivity index (χ3n) is 4.11. The van der Waals surface area contributed by atoms with Crippen LogP contribution in [-0.2, 0) is 17.9 Å². The molecule has 148 valence electrons. The maximum Gasteiger partial charge on any atom is 0.257 e. The normalized spacial score (nSPS) is 11.0. The molecule has 0 saturated carbocycles. The predicted octanol–water partition coefficient (Wildman–Crippen LogP) is 3.34. The lowest BCUT2D eigenvalue weighted by Crippen LogP contribution is -2.37. The average molecular weight is 401 g/mol. The van der Waals surface area contributed by atoms with E-state index in [4.69, 9.17) is 9.15 Å². The molecular formula is C20H24N4O3S. The Bertz CT molecular complexity index is 862. The smallest absolute Gasteiger partial charge is 0.257 e. The Kier molecular flexibility index (Phi) is 7.16. The number of thiophene rings is 1. The number of methoxy groups -OCH3 is 1. The van der Waals surface area contributed by atoms with Crippen LogP contribution in [0.1, 0.15) is 24.8 Å². The molecule has 8 heteroatoms. The van der Waals surface area contributed by atoms with Gasteiger partial charge in [-0.15, -0.1) is 21.5 Å². The van der Waals surface area contributed by atoms with Crippen molar-refractivity contribution in [2.24, 2.45) is 0 Å². The second-order valence-electron chi connectivity index (χ2n) is 6.31. The first-order chi connectivity index (χ1) is 13.7. The summed E-state index contributed by atoms with van der Waals surface area (Å²) in [7, 11) is 1.63. The van der Waals surface area contributed by atoms with E-state index in [1.807, 2.05) is 46.7 Å². The van der Waals surface area contributed by atoms with Crippen molar-refractivity contribution in [3.63, 3.8) is 0 Å². The Labute approximate surface area is 168 Å². The summed E-state index contributed by atoms with van der Waals surface area (Å²) in [6.07, 6.45) is 0.928. The van der Waals surface area contributed by atoms with Gasteiger partial charge in [-0.25, -0.2) is 0 Å². The monoisotopic (exact) mass is 400 g/mol. The van der Waals surface area contributed by atoms with Crippen LogP contribution in [0.2, 0.25) is 0 Å². The average Bonchev–Trinajstić information content (AvgIpc) is 3.39. The minimum absolute atomic E-state index is 0.0396. The molecule has 2 heterocycles. The molecule has 0 saturated heterocycles. The van der Waals surface area contributed by atoms with Gasteiger partial charge in [-0.1, -0.05) is 25.1 Å². The highest BCUT2D eigenvalue weighted by Gasteiger charge is 2.15. The van der Waals surface area contributed by atoms with Crippen LogP contribution in [0.5, 0.6) is 5.75 Å². The van der Waals surface area contributed by atoms with Crippen molar-refractivity contribution < 1.29 is 13.9 Å². The van der Waals surface area contributed by atoms with E-state index in [0.29, 0.717) is 24.9 Å². The highest BCUT2D eigenvalue weighted by Crippen LogP contribution is 2.23. The maximum atomic E-state index is 12.4. The van der Waals surface area contributed by atoms with Crippen molar-refractivity contribution in [1.29, 1.82) is 0 Å². The summed E-state index contributed by atoms with van der Waals surface area (Å²) in [4.78, 5) is 15.3. The molecule has 1 amide bonds. The van der Waals surface area contributed by atoms with Crippen LogP contribution in [0.15, 0.2) is 46.2 Å². The van der Waals surface area contributed by atoms with Gasteiger partial charge in [-0.05, 0) is 42.1 Å². The number of carbonyl (C=O) groups is 1. The van der Waals surface area contributed by atoms with E-state index < -0.39 is 0 Å². The third kappa shape index (κ3) is 5.64. The Morgan fingerprint density at radius 3 is 2.75 bits per heavy atom. The van der Waals surface area contributed by atoms with E-state index in [0.717, 1.165) is 29.2 Å². The molecule has 0 aliphatic carbocycles. The zero-order valence-electron chi connectivity index (χ0n) is 16.1. The number of benzene rings is 1. The van der Waals surface area contributed by atoms with Crippen LogP contribution >= 0.6 is 11.3 Å². The van der Waals surface area contributed by atoms with Gasteiger partial charge in [0.2, 0.25) is 11.8 Å². The van der Waals surface area contributed by atoms with E-state index in [1.165, 1.54) is 0 Å². The van der Waals surface area contributed by atoms with Gasteiger partial charge >= 0.3 is 0 Å².